The Morgan fingerprint density at radius 2 is 1.97 bits per heavy atom. The highest BCUT2D eigenvalue weighted by Crippen LogP contribution is 2.28. The number of aromatic nitrogens is 2. The Morgan fingerprint density at radius 1 is 1.24 bits per heavy atom. The summed E-state index contributed by atoms with van der Waals surface area (Å²) in [5.41, 5.74) is 2.34. The van der Waals surface area contributed by atoms with Gasteiger partial charge in [0.25, 0.3) is 5.91 Å². The average molecular weight is 504 g/mol. The Kier molecular flexibility index (Phi) is 7.35. The van der Waals surface area contributed by atoms with Gasteiger partial charge in [-0.15, -0.1) is 0 Å². The van der Waals surface area contributed by atoms with Gasteiger partial charge in [0.2, 0.25) is 0 Å². The fourth-order valence-corrected chi connectivity index (χ4v) is 4.39. The summed E-state index contributed by atoms with van der Waals surface area (Å²) in [5, 5.41) is 3.33. The minimum Gasteiger partial charge on any atom is -0.486 e. The number of nitrogens with one attached hydrogen (secondary N) is 2. The minimum absolute atomic E-state index is 0.0397. The van der Waals surface area contributed by atoms with E-state index >= 15 is 0 Å². The first kappa shape index (κ1) is 24.4. The van der Waals surface area contributed by atoms with Gasteiger partial charge >= 0.3 is 0 Å². The number of anilines is 2. The van der Waals surface area contributed by atoms with Crippen molar-refractivity contribution in [2.24, 2.45) is 7.05 Å². The first-order valence-electron chi connectivity index (χ1n) is 10.9. The number of ether oxygens (including phenoxy) is 1. The first-order valence-corrected chi connectivity index (χ1v) is 12.5. The van der Waals surface area contributed by atoms with Gasteiger partial charge in [0.05, 0.1) is 17.5 Å². The first-order chi connectivity index (χ1) is 16.2. The van der Waals surface area contributed by atoms with Crippen molar-refractivity contribution in [3.63, 3.8) is 0 Å². The number of benzene rings is 1. The molecule has 1 aliphatic heterocycles. The maximum absolute atomic E-state index is 14.9. The summed E-state index contributed by atoms with van der Waals surface area (Å²) >= 11 is 7.58. The van der Waals surface area contributed by atoms with Crippen molar-refractivity contribution < 1.29 is 13.9 Å². The molecule has 3 heterocycles. The van der Waals surface area contributed by atoms with Crippen molar-refractivity contribution >= 4 is 40.8 Å². The van der Waals surface area contributed by atoms with Crippen LogP contribution in [0.5, 0.6) is 5.75 Å². The molecule has 0 radical (unpaired) electrons. The van der Waals surface area contributed by atoms with Gasteiger partial charge in [-0.05, 0) is 38.1 Å². The van der Waals surface area contributed by atoms with Gasteiger partial charge in [-0.2, -0.15) is 0 Å². The van der Waals surface area contributed by atoms with Crippen LogP contribution in [0.4, 0.5) is 15.8 Å². The molecule has 3 aromatic rings. The lowest BCUT2D eigenvalue weighted by Crippen LogP contribution is -2.56. The van der Waals surface area contributed by atoms with Crippen LogP contribution >= 0.6 is 23.5 Å². The SMILES string of the molecule is CSNc1cc(Cl)cc(NC(=O)c2cc(-c3ncc(OC4CN(C(C)C)C4)cc3F)n(C)c2)c1. The van der Waals surface area contributed by atoms with E-state index in [2.05, 4.69) is 33.8 Å². The number of aryl methyl sites for hydroxylation is 1. The second kappa shape index (κ2) is 10.2. The van der Waals surface area contributed by atoms with Crippen LogP contribution in [0.25, 0.3) is 11.4 Å². The molecular weight excluding hydrogens is 477 g/mol. The molecule has 10 heteroatoms. The average Bonchev–Trinajstić information content (AvgIpc) is 3.11. The predicted molar refractivity (Wildman–Crippen MR) is 136 cm³/mol. The van der Waals surface area contributed by atoms with E-state index in [0.717, 1.165) is 18.8 Å². The largest absolute Gasteiger partial charge is 0.486 e. The molecule has 34 heavy (non-hydrogen) atoms. The van der Waals surface area contributed by atoms with Gasteiger partial charge in [-0.3, -0.25) is 9.69 Å². The number of halogens is 2. The number of nitrogens with zero attached hydrogens (tertiary/aromatic N) is 3. The van der Waals surface area contributed by atoms with E-state index in [4.69, 9.17) is 16.3 Å². The quantitative estimate of drug-likeness (QED) is 0.407. The third-order valence-corrected chi connectivity index (χ3v) is 6.27. The summed E-state index contributed by atoms with van der Waals surface area (Å²) in [5.74, 6) is -0.440. The van der Waals surface area contributed by atoms with E-state index in [1.54, 1.807) is 42.1 Å². The van der Waals surface area contributed by atoms with Gasteiger partial charge in [-0.1, -0.05) is 23.5 Å². The van der Waals surface area contributed by atoms with Crippen LogP contribution in [-0.2, 0) is 7.05 Å². The summed E-state index contributed by atoms with van der Waals surface area (Å²) < 4.78 is 25.5. The molecule has 0 aliphatic carbocycles. The van der Waals surface area contributed by atoms with Crippen molar-refractivity contribution in [2.45, 2.75) is 26.0 Å². The molecule has 0 unspecified atom stereocenters. The van der Waals surface area contributed by atoms with E-state index in [0.29, 0.717) is 33.8 Å². The van der Waals surface area contributed by atoms with Crippen molar-refractivity contribution in [1.82, 2.24) is 14.5 Å². The number of amides is 1. The topological polar surface area (TPSA) is 71.4 Å². The zero-order valence-electron chi connectivity index (χ0n) is 19.4. The van der Waals surface area contributed by atoms with Crippen LogP contribution < -0.4 is 14.8 Å². The number of rotatable bonds is 8. The summed E-state index contributed by atoms with van der Waals surface area (Å²) in [6.45, 7) is 5.91. The van der Waals surface area contributed by atoms with Gasteiger partial charge in [0, 0.05) is 61.1 Å². The number of pyridine rings is 1. The highest BCUT2D eigenvalue weighted by Gasteiger charge is 2.30. The standard InChI is InChI=1S/C24H27ClFN5O2S/c1-14(2)31-12-20(13-31)33-19-9-21(26)23(27-10-19)22-5-15(11-30(22)3)24(32)28-17-6-16(25)7-18(8-17)29-34-4/h5-11,14,20,29H,12-13H2,1-4H3,(H,28,32). The maximum Gasteiger partial charge on any atom is 0.257 e. The Labute approximate surface area is 207 Å². The van der Waals surface area contributed by atoms with E-state index < -0.39 is 5.82 Å². The second-order valence-corrected chi connectivity index (χ2v) is 9.55. The van der Waals surface area contributed by atoms with Crippen LogP contribution in [0.1, 0.15) is 24.2 Å². The van der Waals surface area contributed by atoms with Crippen molar-refractivity contribution in [3.05, 3.63) is 59.1 Å². The number of hydrogen-bond acceptors (Lipinski definition) is 6. The molecule has 0 spiro atoms. The number of carbonyl (C=O) groups is 1. The molecule has 1 aromatic carbocycles. The molecule has 1 saturated heterocycles. The maximum atomic E-state index is 14.9. The van der Waals surface area contributed by atoms with Crippen LogP contribution in [0.2, 0.25) is 5.02 Å². The molecule has 0 bridgehead atoms. The molecule has 4 rings (SSSR count). The lowest BCUT2D eigenvalue weighted by molar-refractivity contribution is -0.000177. The van der Waals surface area contributed by atoms with Gasteiger partial charge < -0.3 is 19.3 Å². The Morgan fingerprint density at radius 3 is 2.65 bits per heavy atom. The van der Waals surface area contributed by atoms with Crippen LogP contribution in [0.15, 0.2) is 42.7 Å². The van der Waals surface area contributed by atoms with Crippen molar-refractivity contribution in [3.8, 4) is 17.1 Å². The Bertz CT molecular complexity index is 1200. The normalized spacial score (nSPS) is 14.2. The molecule has 2 aromatic heterocycles. The molecule has 1 fully saturated rings. The lowest BCUT2D eigenvalue weighted by Gasteiger charge is -2.41. The molecule has 180 valence electrons. The summed E-state index contributed by atoms with van der Waals surface area (Å²) in [7, 11) is 1.74. The number of hydrogen-bond donors (Lipinski definition) is 2. The second-order valence-electron chi connectivity index (χ2n) is 8.50. The summed E-state index contributed by atoms with van der Waals surface area (Å²) in [4.78, 5) is 19.4. The molecular formula is C24H27ClFN5O2S. The fraction of sp³-hybridized carbons (Fsp3) is 0.333. The highest BCUT2D eigenvalue weighted by atomic mass is 35.5. The van der Waals surface area contributed by atoms with Crippen LogP contribution in [0.3, 0.4) is 0 Å². The summed E-state index contributed by atoms with van der Waals surface area (Å²) in [6, 6.07) is 8.64. The van der Waals surface area contributed by atoms with Crippen LogP contribution in [-0.4, -0.2) is 51.8 Å². The van der Waals surface area contributed by atoms with E-state index in [-0.39, 0.29) is 17.7 Å². The summed E-state index contributed by atoms with van der Waals surface area (Å²) in [6.07, 6.45) is 5.09. The van der Waals surface area contributed by atoms with Gasteiger partial charge in [0.1, 0.15) is 17.5 Å². The van der Waals surface area contributed by atoms with Gasteiger partial charge in [0.15, 0.2) is 5.82 Å². The number of likely N-dealkylation sites (tertiary alicyclic amines) is 1. The molecule has 1 aliphatic rings. The van der Waals surface area contributed by atoms with E-state index in [1.165, 1.54) is 24.2 Å². The van der Waals surface area contributed by atoms with E-state index in [1.807, 2.05) is 6.26 Å². The molecule has 0 atom stereocenters. The van der Waals surface area contributed by atoms with Crippen molar-refractivity contribution in [2.75, 3.05) is 29.4 Å². The van der Waals surface area contributed by atoms with Gasteiger partial charge in [-0.25, -0.2) is 9.37 Å². The third-order valence-electron chi connectivity index (χ3n) is 5.61. The number of carbonyl (C=O) groups excluding carboxylic acids is 1. The Hall–Kier alpha value is -2.75. The van der Waals surface area contributed by atoms with E-state index in [9.17, 15) is 9.18 Å². The zero-order valence-corrected chi connectivity index (χ0v) is 21.0. The lowest BCUT2D eigenvalue weighted by atomic mass is 10.1. The molecule has 0 saturated carbocycles. The smallest absolute Gasteiger partial charge is 0.257 e. The predicted octanol–water partition coefficient (Wildman–Crippen LogP) is 5.29. The molecule has 7 nitrogen and oxygen atoms in total. The molecule has 2 N–H and O–H groups in total. The monoisotopic (exact) mass is 503 g/mol. The van der Waals surface area contributed by atoms with Crippen LogP contribution in [0, 0.1) is 5.82 Å². The molecule has 1 amide bonds. The minimum atomic E-state index is -0.506. The highest BCUT2D eigenvalue weighted by molar-refractivity contribution is 7.99. The van der Waals surface area contributed by atoms with Crippen molar-refractivity contribution in [1.29, 1.82) is 0 Å². The third kappa shape index (κ3) is 5.48. The zero-order chi connectivity index (χ0) is 24.4. The fourth-order valence-electron chi connectivity index (χ4n) is 3.80. The Balaban J connectivity index is 1.47.